The maximum absolute atomic E-state index is 12.3. The highest BCUT2D eigenvalue weighted by Gasteiger charge is 2.31. The van der Waals surface area contributed by atoms with Crippen molar-refractivity contribution in [2.45, 2.75) is 38.3 Å². The molecule has 2 aliphatic heterocycles. The van der Waals surface area contributed by atoms with E-state index < -0.39 is 5.97 Å². The molecule has 2 fully saturated rings. The largest absolute Gasteiger partial charge is 0.481 e. The molecule has 1 atom stereocenters. The van der Waals surface area contributed by atoms with Crippen LogP contribution in [0.25, 0.3) is 0 Å². The zero-order valence-electron chi connectivity index (χ0n) is 14.3. The number of hydrogen-bond acceptors (Lipinski definition) is 6. The summed E-state index contributed by atoms with van der Waals surface area (Å²) in [4.78, 5) is 36.1. The Morgan fingerprint density at radius 2 is 2.00 bits per heavy atom. The summed E-state index contributed by atoms with van der Waals surface area (Å²) in [5.41, 5.74) is 1.69. The van der Waals surface area contributed by atoms with Gasteiger partial charge in [0.2, 0.25) is 5.91 Å². The minimum absolute atomic E-state index is 0.0345. The van der Waals surface area contributed by atoms with Crippen LogP contribution < -0.4 is 0 Å². The molecule has 0 saturated carbocycles. The van der Waals surface area contributed by atoms with Crippen molar-refractivity contribution in [1.29, 1.82) is 0 Å². The summed E-state index contributed by atoms with van der Waals surface area (Å²) >= 11 is 0. The van der Waals surface area contributed by atoms with E-state index in [0.29, 0.717) is 6.54 Å². The van der Waals surface area contributed by atoms with E-state index >= 15 is 0 Å². The van der Waals surface area contributed by atoms with Gasteiger partial charge in [-0.25, -0.2) is 0 Å². The van der Waals surface area contributed by atoms with E-state index in [2.05, 4.69) is 9.88 Å². The summed E-state index contributed by atoms with van der Waals surface area (Å²) in [6.07, 6.45) is 5.13. The minimum atomic E-state index is -0.948. The second-order valence-corrected chi connectivity index (χ2v) is 6.46. The van der Waals surface area contributed by atoms with Crippen LogP contribution in [-0.2, 0) is 20.9 Å². The predicted molar refractivity (Wildman–Crippen MR) is 88.7 cm³/mol. The van der Waals surface area contributed by atoms with Gasteiger partial charge < -0.3 is 14.7 Å². The van der Waals surface area contributed by atoms with Crippen LogP contribution in [0.4, 0.5) is 0 Å². The van der Waals surface area contributed by atoms with Gasteiger partial charge >= 0.3 is 5.97 Å². The molecule has 25 heavy (non-hydrogen) atoms. The van der Waals surface area contributed by atoms with Crippen molar-refractivity contribution in [3.05, 3.63) is 23.8 Å². The molecule has 0 radical (unpaired) electrons. The normalized spacial score (nSPS) is 21.4. The maximum Gasteiger partial charge on any atom is 0.303 e. The van der Waals surface area contributed by atoms with E-state index in [1.165, 1.54) is 0 Å². The molecule has 0 aromatic carbocycles. The van der Waals surface area contributed by atoms with Gasteiger partial charge in [0.15, 0.2) is 0 Å². The fourth-order valence-corrected chi connectivity index (χ4v) is 3.38. The van der Waals surface area contributed by atoms with E-state index in [1.54, 1.807) is 17.3 Å². The summed E-state index contributed by atoms with van der Waals surface area (Å²) in [5, 5.41) is 8.77. The van der Waals surface area contributed by atoms with Gasteiger partial charge in [0.25, 0.3) is 0 Å². The van der Waals surface area contributed by atoms with Crippen LogP contribution in [0.5, 0.6) is 0 Å². The number of aliphatic carboxylic acids is 1. The van der Waals surface area contributed by atoms with Gasteiger partial charge in [0.1, 0.15) is 0 Å². The number of aromatic nitrogens is 2. The summed E-state index contributed by atoms with van der Waals surface area (Å²) < 4.78 is 5.36. The van der Waals surface area contributed by atoms with Gasteiger partial charge in [0.05, 0.1) is 43.3 Å². The smallest absolute Gasteiger partial charge is 0.303 e. The number of likely N-dealkylation sites (tertiary alicyclic amines) is 1. The number of carbonyl (C=O) groups is 2. The van der Waals surface area contributed by atoms with E-state index in [-0.39, 0.29) is 24.8 Å². The lowest BCUT2D eigenvalue weighted by Gasteiger charge is -2.27. The molecular weight excluding hydrogens is 324 g/mol. The van der Waals surface area contributed by atoms with Crippen molar-refractivity contribution >= 4 is 11.9 Å². The Morgan fingerprint density at radius 3 is 2.76 bits per heavy atom. The number of amides is 1. The quantitative estimate of drug-likeness (QED) is 0.813. The molecule has 136 valence electrons. The molecule has 1 N–H and O–H groups in total. The molecule has 2 saturated heterocycles. The van der Waals surface area contributed by atoms with E-state index in [0.717, 1.165) is 57.1 Å². The summed E-state index contributed by atoms with van der Waals surface area (Å²) in [7, 11) is 0. The number of rotatable bonds is 6. The van der Waals surface area contributed by atoms with Crippen LogP contribution in [0.3, 0.4) is 0 Å². The topological polar surface area (TPSA) is 95.9 Å². The van der Waals surface area contributed by atoms with E-state index in [1.807, 2.05) is 0 Å². The minimum Gasteiger partial charge on any atom is -0.481 e. The third kappa shape index (κ3) is 4.73. The van der Waals surface area contributed by atoms with Gasteiger partial charge in [-0.05, 0) is 12.8 Å². The monoisotopic (exact) mass is 348 g/mol. The Hall–Kier alpha value is -2.06. The van der Waals surface area contributed by atoms with Crippen molar-refractivity contribution in [2.24, 2.45) is 0 Å². The molecule has 0 bridgehead atoms. The third-order valence-electron chi connectivity index (χ3n) is 4.66. The highest BCUT2D eigenvalue weighted by Crippen LogP contribution is 2.31. The van der Waals surface area contributed by atoms with Crippen molar-refractivity contribution in [3.63, 3.8) is 0 Å². The van der Waals surface area contributed by atoms with Gasteiger partial charge in [0, 0.05) is 38.8 Å². The van der Waals surface area contributed by atoms with E-state index in [4.69, 9.17) is 14.8 Å². The highest BCUT2D eigenvalue weighted by atomic mass is 16.5. The third-order valence-corrected chi connectivity index (χ3v) is 4.66. The first-order chi connectivity index (χ1) is 12.1. The van der Waals surface area contributed by atoms with Crippen LogP contribution in [0.15, 0.2) is 12.4 Å². The van der Waals surface area contributed by atoms with Gasteiger partial charge in [-0.15, -0.1) is 0 Å². The molecule has 1 unspecified atom stereocenters. The molecule has 2 aliphatic rings. The van der Waals surface area contributed by atoms with Crippen molar-refractivity contribution in [3.8, 4) is 0 Å². The predicted octanol–water partition coefficient (Wildman–Crippen LogP) is 0.837. The molecule has 3 rings (SSSR count). The Kier molecular flexibility index (Phi) is 5.93. The Balaban J connectivity index is 1.66. The Bertz CT molecular complexity index is 618. The van der Waals surface area contributed by atoms with Crippen LogP contribution in [0, 0.1) is 0 Å². The van der Waals surface area contributed by atoms with Crippen molar-refractivity contribution < 1.29 is 19.4 Å². The number of ether oxygens (including phenoxy) is 1. The molecule has 0 spiro atoms. The van der Waals surface area contributed by atoms with E-state index in [9.17, 15) is 9.59 Å². The Labute approximate surface area is 146 Å². The molecule has 1 aromatic rings. The first-order valence-corrected chi connectivity index (χ1v) is 8.75. The van der Waals surface area contributed by atoms with Crippen LogP contribution in [-0.4, -0.2) is 69.6 Å². The lowest BCUT2D eigenvalue weighted by molar-refractivity contribution is -0.141. The molecule has 3 heterocycles. The average molecular weight is 348 g/mol. The van der Waals surface area contributed by atoms with Gasteiger partial charge in [-0.3, -0.25) is 24.5 Å². The zero-order chi connectivity index (χ0) is 17.6. The summed E-state index contributed by atoms with van der Waals surface area (Å²) in [6, 6.07) is -0.0987. The molecule has 1 amide bonds. The number of carboxylic acids is 1. The van der Waals surface area contributed by atoms with Crippen LogP contribution in [0.1, 0.15) is 43.1 Å². The number of carboxylic acid groups (broad SMARTS) is 1. The fourth-order valence-electron chi connectivity index (χ4n) is 3.38. The molecule has 8 heteroatoms. The number of nitrogens with zero attached hydrogens (tertiary/aromatic N) is 4. The van der Waals surface area contributed by atoms with Crippen LogP contribution in [0.2, 0.25) is 0 Å². The number of carbonyl (C=O) groups excluding carboxylic acids is 1. The molecule has 0 aliphatic carbocycles. The standard InChI is InChI=1S/C17H24N4O4/c22-16(3-4-17(23)24)21-5-1-2-15(21)14-11-18-10-13(19-14)12-20-6-8-25-9-7-20/h10-11,15H,1-9,12H2,(H,23,24). The highest BCUT2D eigenvalue weighted by molar-refractivity contribution is 5.81. The van der Waals surface area contributed by atoms with Gasteiger partial charge in [-0.1, -0.05) is 0 Å². The second kappa shape index (κ2) is 8.35. The summed E-state index contributed by atoms with van der Waals surface area (Å²) in [5.74, 6) is -1.07. The van der Waals surface area contributed by atoms with Crippen molar-refractivity contribution in [2.75, 3.05) is 32.8 Å². The lowest BCUT2D eigenvalue weighted by Crippen LogP contribution is -2.36. The molecule has 1 aromatic heterocycles. The maximum atomic E-state index is 12.3. The lowest BCUT2D eigenvalue weighted by atomic mass is 10.1. The van der Waals surface area contributed by atoms with Crippen molar-refractivity contribution in [1.82, 2.24) is 19.8 Å². The Morgan fingerprint density at radius 1 is 1.20 bits per heavy atom. The average Bonchev–Trinajstić information content (AvgIpc) is 3.10. The zero-order valence-corrected chi connectivity index (χ0v) is 14.3. The number of hydrogen-bond donors (Lipinski definition) is 1. The first-order valence-electron chi connectivity index (χ1n) is 8.75. The second-order valence-electron chi connectivity index (χ2n) is 6.46. The number of morpholine rings is 1. The summed E-state index contributed by atoms with van der Waals surface area (Å²) in [6.45, 7) is 4.62. The van der Waals surface area contributed by atoms with Crippen LogP contribution >= 0.6 is 0 Å². The first kappa shape index (κ1) is 17.8. The molecule has 8 nitrogen and oxygen atoms in total. The van der Waals surface area contributed by atoms with Gasteiger partial charge in [-0.2, -0.15) is 0 Å². The molecular formula is C17H24N4O4. The SMILES string of the molecule is O=C(O)CCC(=O)N1CCCC1c1cncc(CN2CCOCC2)n1. The fraction of sp³-hybridized carbons (Fsp3) is 0.647.